The van der Waals surface area contributed by atoms with E-state index in [-0.39, 0.29) is 5.78 Å². The standard InChI is InChI=1S/C26H31NO6/c1-27-13-11-17(12-14-27)25-24(32-5)16-23(31-4)19(26(25)33-6)8-9-21(28)20-15-18(29-2)7-10-22(20)30-3/h7-11,15-16H,12-14H2,1-6H3/b9-8+. The second-order valence-electron chi connectivity index (χ2n) is 7.61. The van der Waals surface area contributed by atoms with Gasteiger partial charge in [-0.1, -0.05) is 6.08 Å². The summed E-state index contributed by atoms with van der Waals surface area (Å²) in [6.07, 6.45) is 6.23. The van der Waals surface area contributed by atoms with E-state index >= 15 is 0 Å². The molecular formula is C26H31NO6. The average Bonchev–Trinajstić information content (AvgIpc) is 2.86. The molecule has 0 aliphatic carbocycles. The van der Waals surface area contributed by atoms with Crippen molar-refractivity contribution in [1.29, 1.82) is 0 Å². The number of nitrogens with zero attached hydrogens (tertiary/aromatic N) is 1. The maximum Gasteiger partial charge on any atom is 0.189 e. The Bertz CT molecular complexity index is 1070. The van der Waals surface area contributed by atoms with Gasteiger partial charge in [-0.25, -0.2) is 0 Å². The summed E-state index contributed by atoms with van der Waals surface area (Å²) >= 11 is 0. The van der Waals surface area contributed by atoms with E-state index in [4.69, 9.17) is 23.7 Å². The van der Waals surface area contributed by atoms with Crippen LogP contribution in [0.4, 0.5) is 0 Å². The molecule has 33 heavy (non-hydrogen) atoms. The molecule has 2 aromatic rings. The molecule has 3 rings (SSSR count). The van der Waals surface area contributed by atoms with Crippen molar-refractivity contribution in [1.82, 2.24) is 4.90 Å². The molecule has 0 saturated heterocycles. The number of benzene rings is 2. The van der Waals surface area contributed by atoms with E-state index in [0.717, 1.165) is 30.6 Å². The smallest absolute Gasteiger partial charge is 0.189 e. The van der Waals surface area contributed by atoms with Crippen LogP contribution in [0.2, 0.25) is 0 Å². The number of ether oxygens (including phenoxy) is 5. The van der Waals surface area contributed by atoms with Gasteiger partial charge in [0.15, 0.2) is 5.78 Å². The zero-order valence-corrected chi connectivity index (χ0v) is 20.1. The lowest BCUT2D eigenvalue weighted by Crippen LogP contribution is -2.24. The van der Waals surface area contributed by atoms with Crippen molar-refractivity contribution >= 4 is 17.4 Å². The van der Waals surface area contributed by atoms with Gasteiger partial charge < -0.3 is 28.6 Å². The first-order valence-corrected chi connectivity index (χ1v) is 10.6. The van der Waals surface area contributed by atoms with E-state index in [1.54, 1.807) is 52.7 Å². The highest BCUT2D eigenvalue weighted by molar-refractivity contribution is 6.09. The van der Waals surface area contributed by atoms with Crippen LogP contribution in [0.5, 0.6) is 28.7 Å². The van der Waals surface area contributed by atoms with Crippen LogP contribution in [0, 0.1) is 0 Å². The highest BCUT2D eigenvalue weighted by Crippen LogP contribution is 2.45. The Kier molecular flexibility index (Phi) is 8.01. The predicted octanol–water partition coefficient (Wildman–Crippen LogP) is 4.34. The molecule has 0 fully saturated rings. The van der Waals surface area contributed by atoms with Crippen molar-refractivity contribution in [3.8, 4) is 28.7 Å². The minimum atomic E-state index is -0.231. The van der Waals surface area contributed by atoms with Gasteiger partial charge in [0, 0.05) is 19.2 Å². The van der Waals surface area contributed by atoms with Crippen LogP contribution in [0.3, 0.4) is 0 Å². The fourth-order valence-corrected chi connectivity index (χ4v) is 3.88. The van der Waals surface area contributed by atoms with E-state index in [2.05, 4.69) is 18.0 Å². The number of methoxy groups -OCH3 is 5. The summed E-state index contributed by atoms with van der Waals surface area (Å²) in [7, 11) is 9.98. The SMILES string of the molecule is COc1ccc(OC)c(C(=O)/C=C/c2c(OC)cc(OC)c(C3=CCN(C)CC3)c2OC)c1. The summed E-state index contributed by atoms with van der Waals surface area (Å²) < 4.78 is 27.8. The molecule has 0 atom stereocenters. The van der Waals surface area contributed by atoms with E-state index in [9.17, 15) is 4.79 Å². The zero-order chi connectivity index (χ0) is 24.0. The van der Waals surface area contributed by atoms with Crippen LogP contribution in [0.1, 0.15) is 27.9 Å². The third-order valence-corrected chi connectivity index (χ3v) is 5.70. The largest absolute Gasteiger partial charge is 0.497 e. The third-order valence-electron chi connectivity index (χ3n) is 5.70. The van der Waals surface area contributed by atoms with Gasteiger partial charge in [0.05, 0.1) is 52.2 Å². The second-order valence-corrected chi connectivity index (χ2v) is 7.61. The van der Waals surface area contributed by atoms with E-state index in [0.29, 0.717) is 39.9 Å². The molecule has 0 radical (unpaired) electrons. The molecule has 7 nitrogen and oxygen atoms in total. The highest BCUT2D eigenvalue weighted by Gasteiger charge is 2.24. The van der Waals surface area contributed by atoms with Crippen LogP contribution >= 0.6 is 0 Å². The molecule has 7 heteroatoms. The fraction of sp³-hybridized carbons (Fsp3) is 0.346. The highest BCUT2D eigenvalue weighted by atomic mass is 16.5. The summed E-state index contributed by atoms with van der Waals surface area (Å²) in [5, 5.41) is 0. The lowest BCUT2D eigenvalue weighted by atomic mass is 9.94. The summed E-state index contributed by atoms with van der Waals surface area (Å²) in [5.41, 5.74) is 3.07. The van der Waals surface area contributed by atoms with Gasteiger partial charge >= 0.3 is 0 Å². The molecule has 2 aromatic carbocycles. The molecule has 0 N–H and O–H groups in total. The normalized spacial score (nSPS) is 14.1. The lowest BCUT2D eigenvalue weighted by Gasteiger charge is -2.25. The first-order valence-electron chi connectivity index (χ1n) is 10.6. The van der Waals surface area contributed by atoms with Gasteiger partial charge in [-0.15, -0.1) is 0 Å². The molecule has 1 aliphatic heterocycles. The number of hydrogen-bond acceptors (Lipinski definition) is 7. The van der Waals surface area contributed by atoms with Gasteiger partial charge in [-0.05, 0) is 49.4 Å². The van der Waals surface area contributed by atoms with Crippen LogP contribution in [-0.2, 0) is 0 Å². The first-order chi connectivity index (χ1) is 16.0. The lowest BCUT2D eigenvalue weighted by molar-refractivity contribution is 0.104. The van der Waals surface area contributed by atoms with Gasteiger partial charge in [-0.2, -0.15) is 0 Å². The Morgan fingerprint density at radius 2 is 1.64 bits per heavy atom. The Balaban J connectivity index is 2.10. The Morgan fingerprint density at radius 1 is 0.909 bits per heavy atom. The second kappa shape index (κ2) is 10.9. The molecular weight excluding hydrogens is 422 g/mol. The molecule has 0 saturated carbocycles. The van der Waals surface area contributed by atoms with Crippen molar-refractivity contribution in [2.45, 2.75) is 6.42 Å². The summed E-state index contributed by atoms with van der Waals surface area (Å²) in [5.74, 6) is 2.62. The minimum absolute atomic E-state index is 0.231. The molecule has 0 spiro atoms. The van der Waals surface area contributed by atoms with Crippen molar-refractivity contribution in [3.63, 3.8) is 0 Å². The summed E-state index contributed by atoms with van der Waals surface area (Å²) in [6, 6.07) is 6.94. The van der Waals surface area contributed by atoms with Gasteiger partial charge in [0.25, 0.3) is 0 Å². The summed E-state index contributed by atoms with van der Waals surface area (Å²) in [4.78, 5) is 15.3. The van der Waals surface area contributed by atoms with Crippen LogP contribution in [-0.4, -0.2) is 66.4 Å². The van der Waals surface area contributed by atoms with E-state index in [1.165, 1.54) is 13.2 Å². The van der Waals surface area contributed by atoms with Gasteiger partial charge in [-0.3, -0.25) is 4.79 Å². The van der Waals surface area contributed by atoms with Crippen LogP contribution < -0.4 is 23.7 Å². The van der Waals surface area contributed by atoms with Crippen molar-refractivity contribution in [2.24, 2.45) is 0 Å². The monoisotopic (exact) mass is 453 g/mol. The van der Waals surface area contributed by atoms with Crippen molar-refractivity contribution in [2.75, 3.05) is 55.7 Å². The van der Waals surface area contributed by atoms with E-state index in [1.807, 2.05) is 6.07 Å². The topological polar surface area (TPSA) is 66.5 Å². The molecule has 0 unspecified atom stereocenters. The van der Waals surface area contributed by atoms with Gasteiger partial charge in [0.1, 0.15) is 28.7 Å². The van der Waals surface area contributed by atoms with E-state index < -0.39 is 0 Å². The molecule has 0 amide bonds. The first kappa shape index (κ1) is 24.2. The molecule has 0 aromatic heterocycles. The minimum Gasteiger partial charge on any atom is -0.497 e. The maximum atomic E-state index is 13.1. The number of ketones is 1. The van der Waals surface area contributed by atoms with Crippen molar-refractivity contribution < 1.29 is 28.5 Å². The quantitative estimate of drug-likeness (QED) is 0.413. The number of allylic oxidation sites excluding steroid dienone is 1. The Labute approximate surface area is 195 Å². The van der Waals surface area contributed by atoms with Gasteiger partial charge in [0.2, 0.25) is 0 Å². The average molecular weight is 454 g/mol. The Hall–Kier alpha value is -3.45. The molecule has 176 valence electrons. The van der Waals surface area contributed by atoms with Crippen LogP contribution in [0.15, 0.2) is 36.4 Å². The zero-order valence-electron chi connectivity index (χ0n) is 20.1. The number of likely N-dealkylation sites (N-methyl/N-ethyl adjacent to an activating group) is 1. The van der Waals surface area contributed by atoms with Crippen molar-refractivity contribution in [3.05, 3.63) is 53.1 Å². The molecule has 1 aliphatic rings. The maximum absolute atomic E-state index is 13.1. The number of rotatable bonds is 9. The number of carbonyl (C=O) groups excluding carboxylic acids is 1. The fourth-order valence-electron chi connectivity index (χ4n) is 3.88. The summed E-state index contributed by atoms with van der Waals surface area (Å²) in [6.45, 7) is 1.77. The predicted molar refractivity (Wildman–Crippen MR) is 129 cm³/mol. The third kappa shape index (κ3) is 5.14. The Morgan fingerprint density at radius 3 is 2.21 bits per heavy atom. The number of carbonyl (C=O) groups is 1. The van der Waals surface area contributed by atoms with Crippen LogP contribution in [0.25, 0.3) is 11.6 Å². The number of hydrogen-bond donors (Lipinski definition) is 0. The molecule has 1 heterocycles. The molecule has 0 bridgehead atoms.